The second kappa shape index (κ2) is 12.0. The number of nitrogens with one attached hydrogen (secondary N) is 1. The van der Waals surface area contributed by atoms with Crippen LogP contribution in [0.25, 0.3) is 28.1 Å². The number of nitrogens with zero attached hydrogens (tertiary/aromatic N) is 5. The molecule has 0 atom stereocenters. The lowest BCUT2D eigenvalue weighted by Crippen LogP contribution is -2.32. The number of hydrogen-bond acceptors (Lipinski definition) is 6. The van der Waals surface area contributed by atoms with E-state index in [1.165, 1.54) is 19.3 Å². The first-order chi connectivity index (χ1) is 19.6. The first kappa shape index (κ1) is 26.8. The molecule has 1 aliphatic rings. The van der Waals surface area contributed by atoms with Crippen molar-refractivity contribution in [2.24, 2.45) is 0 Å². The van der Waals surface area contributed by atoms with Crippen LogP contribution in [-0.4, -0.2) is 49.0 Å². The summed E-state index contributed by atoms with van der Waals surface area (Å²) in [6.45, 7) is 3.30. The molecule has 1 fully saturated rings. The summed E-state index contributed by atoms with van der Waals surface area (Å²) in [7, 11) is 0. The number of para-hydroxylation sites is 3. The van der Waals surface area contributed by atoms with Gasteiger partial charge in [0, 0.05) is 29.4 Å². The minimum Gasteiger partial charge on any atom is -0.303 e. The standard InChI is InChI=1S/C31H30N6S3/c32-27-26-28(33-30(35(27)23-13-5-1-6-14-23)40-22-21-34-19-11-4-12-20-34)36(24-15-7-2-8-16-24)31(39)37(29(26)38)25-17-9-3-10-18-25/h1-3,5-10,13-18,32H,4,11-12,19-22H2. The zero-order chi connectivity index (χ0) is 27.5. The Morgan fingerprint density at radius 3 is 1.80 bits per heavy atom. The lowest BCUT2D eigenvalue weighted by Gasteiger charge is -2.26. The van der Waals surface area contributed by atoms with E-state index < -0.39 is 0 Å². The molecular formula is C31H30N6S3. The fourth-order valence-electron chi connectivity index (χ4n) is 5.23. The summed E-state index contributed by atoms with van der Waals surface area (Å²) in [5.41, 5.74) is 3.52. The van der Waals surface area contributed by atoms with Gasteiger partial charge in [0.25, 0.3) is 0 Å². The molecule has 1 aliphatic heterocycles. The fraction of sp³-hybridized carbons (Fsp3) is 0.226. The summed E-state index contributed by atoms with van der Waals surface area (Å²) in [6.07, 6.45) is 3.85. The maximum Gasteiger partial charge on any atom is 0.191 e. The Kier molecular flexibility index (Phi) is 8.06. The second-order valence-electron chi connectivity index (χ2n) is 9.79. The van der Waals surface area contributed by atoms with Crippen molar-refractivity contribution in [3.05, 3.63) is 106 Å². The van der Waals surface area contributed by atoms with Crippen LogP contribution in [-0.2, 0) is 0 Å². The normalized spacial score (nSPS) is 14.0. The van der Waals surface area contributed by atoms with Crippen molar-refractivity contribution in [3.63, 3.8) is 0 Å². The molecular weight excluding hydrogens is 553 g/mol. The average Bonchev–Trinajstić information content (AvgIpc) is 2.99. The topological polar surface area (TPSA) is 54.8 Å². The van der Waals surface area contributed by atoms with Crippen molar-refractivity contribution in [3.8, 4) is 17.1 Å². The maximum absolute atomic E-state index is 9.55. The molecule has 0 amide bonds. The molecule has 0 bridgehead atoms. The van der Waals surface area contributed by atoms with Crippen LogP contribution in [0.3, 0.4) is 0 Å². The van der Waals surface area contributed by atoms with Gasteiger partial charge in [-0.15, -0.1) is 0 Å². The molecule has 2 aromatic heterocycles. The molecule has 6 rings (SSSR count). The van der Waals surface area contributed by atoms with Crippen LogP contribution in [0.4, 0.5) is 0 Å². The van der Waals surface area contributed by atoms with E-state index in [1.807, 2.05) is 105 Å². The molecule has 40 heavy (non-hydrogen) atoms. The van der Waals surface area contributed by atoms with Crippen molar-refractivity contribution in [2.75, 3.05) is 25.4 Å². The maximum atomic E-state index is 9.55. The van der Waals surface area contributed by atoms with E-state index in [0.717, 1.165) is 47.6 Å². The third kappa shape index (κ3) is 5.22. The van der Waals surface area contributed by atoms with E-state index in [1.54, 1.807) is 11.8 Å². The molecule has 3 aromatic carbocycles. The van der Waals surface area contributed by atoms with Gasteiger partial charge in [-0.3, -0.25) is 19.1 Å². The molecule has 0 radical (unpaired) electrons. The van der Waals surface area contributed by atoms with Gasteiger partial charge >= 0.3 is 0 Å². The summed E-state index contributed by atoms with van der Waals surface area (Å²) < 4.78 is 6.74. The number of rotatable bonds is 7. The van der Waals surface area contributed by atoms with Crippen molar-refractivity contribution in [1.29, 1.82) is 5.41 Å². The molecule has 6 nitrogen and oxygen atoms in total. The van der Waals surface area contributed by atoms with Crippen LogP contribution < -0.4 is 5.49 Å². The number of benzene rings is 3. The molecule has 1 saturated heterocycles. The van der Waals surface area contributed by atoms with E-state index in [2.05, 4.69) is 4.90 Å². The summed E-state index contributed by atoms with van der Waals surface area (Å²) in [5, 5.41) is 10.9. The minimum absolute atomic E-state index is 0.297. The Morgan fingerprint density at radius 1 is 0.700 bits per heavy atom. The first-order valence-corrected chi connectivity index (χ1v) is 15.3. The number of fused-ring (bicyclic) bond motifs is 1. The van der Waals surface area contributed by atoms with E-state index in [0.29, 0.717) is 25.9 Å². The highest BCUT2D eigenvalue weighted by atomic mass is 32.2. The Hall–Kier alpha value is -3.37. The van der Waals surface area contributed by atoms with Crippen molar-refractivity contribution < 1.29 is 0 Å². The zero-order valence-corrected chi connectivity index (χ0v) is 24.5. The molecule has 1 N–H and O–H groups in total. The smallest absolute Gasteiger partial charge is 0.191 e. The molecule has 0 unspecified atom stereocenters. The molecule has 202 valence electrons. The van der Waals surface area contributed by atoms with Crippen LogP contribution in [0, 0.1) is 14.8 Å². The number of likely N-dealkylation sites (tertiary alicyclic amines) is 1. The van der Waals surface area contributed by atoms with Crippen LogP contribution >= 0.6 is 36.2 Å². The summed E-state index contributed by atoms with van der Waals surface area (Å²) >= 11 is 13.9. The lowest BCUT2D eigenvalue weighted by atomic mass is 10.1. The van der Waals surface area contributed by atoms with Crippen molar-refractivity contribution >= 4 is 47.2 Å². The molecule has 9 heteroatoms. The van der Waals surface area contributed by atoms with Crippen molar-refractivity contribution in [2.45, 2.75) is 24.4 Å². The Labute approximate surface area is 248 Å². The van der Waals surface area contributed by atoms with E-state index in [4.69, 9.17) is 29.4 Å². The third-order valence-corrected chi connectivity index (χ3v) is 8.89. The largest absolute Gasteiger partial charge is 0.303 e. The summed E-state index contributed by atoms with van der Waals surface area (Å²) in [6, 6.07) is 29.9. The van der Waals surface area contributed by atoms with Crippen LogP contribution in [0.15, 0.2) is 96.2 Å². The van der Waals surface area contributed by atoms with Gasteiger partial charge in [-0.25, -0.2) is 4.98 Å². The molecule has 0 aliphatic carbocycles. The van der Waals surface area contributed by atoms with Gasteiger partial charge in [0.2, 0.25) is 0 Å². The van der Waals surface area contributed by atoms with Crippen LogP contribution in [0.5, 0.6) is 0 Å². The van der Waals surface area contributed by atoms with Gasteiger partial charge in [-0.05, 0) is 74.5 Å². The number of hydrogen-bond donors (Lipinski definition) is 1. The molecule has 0 spiro atoms. The fourth-order valence-corrected chi connectivity index (χ4v) is 7.07. The summed E-state index contributed by atoms with van der Waals surface area (Å²) in [5.74, 6) is 0.883. The third-order valence-electron chi connectivity index (χ3n) is 7.22. The van der Waals surface area contributed by atoms with Gasteiger partial charge in [0.05, 0.1) is 5.39 Å². The SMILES string of the molecule is N=c1c2c(=S)n(-c3ccccc3)c(=S)n(-c3ccccc3)c2nc(SCCN2CCCCC2)n1-c1ccccc1. The average molecular weight is 583 g/mol. The monoisotopic (exact) mass is 582 g/mol. The van der Waals surface area contributed by atoms with Gasteiger partial charge < -0.3 is 4.90 Å². The van der Waals surface area contributed by atoms with Gasteiger partial charge in [-0.1, -0.05) is 85.0 Å². The summed E-state index contributed by atoms with van der Waals surface area (Å²) in [4.78, 5) is 7.76. The van der Waals surface area contributed by atoms with Gasteiger partial charge in [0.1, 0.15) is 10.1 Å². The predicted molar refractivity (Wildman–Crippen MR) is 168 cm³/mol. The predicted octanol–water partition coefficient (Wildman–Crippen LogP) is 7.12. The highest BCUT2D eigenvalue weighted by Gasteiger charge is 2.20. The number of aromatic nitrogens is 4. The quantitative estimate of drug-likeness (QED) is 0.126. The van der Waals surface area contributed by atoms with Crippen LogP contribution in [0.2, 0.25) is 0 Å². The van der Waals surface area contributed by atoms with E-state index in [-0.39, 0.29) is 0 Å². The number of piperidine rings is 1. The highest BCUT2D eigenvalue weighted by molar-refractivity contribution is 7.99. The van der Waals surface area contributed by atoms with Gasteiger partial charge in [-0.2, -0.15) is 0 Å². The zero-order valence-electron chi connectivity index (χ0n) is 22.1. The van der Waals surface area contributed by atoms with Crippen molar-refractivity contribution in [1.82, 2.24) is 23.6 Å². The molecule has 0 saturated carbocycles. The minimum atomic E-state index is 0.297. The molecule has 3 heterocycles. The van der Waals surface area contributed by atoms with Crippen LogP contribution in [0.1, 0.15) is 19.3 Å². The Balaban J connectivity index is 1.62. The molecule has 5 aromatic rings. The lowest BCUT2D eigenvalue weighted by molar-refractivity contribution is 0.242. The highest BCUT2D eigenvalue weighted by Crippen LogP contribution is 2.26. The van der Waals surface area contributed by atoms with Gasteiger partial charge in [0.15, 0.2) is 15.6 Å². The first-order valence-electron chi connectivity index (χ1n) is 13.5. The second-order valence-corrected chi connectivity index (χ2v) is 11.6. The number of thioether (sulfide) groups is 1. The van der Waals surface area contributed by atoms with E-state index in [9.17, 15) is 5.41 Å². The van der Waals surface area contributed by atoms with E-state index >= 15 is 0 Å². The Morgan fingerprint density at radius 2 is 1.23 bits per heavy atom. The Bertz CT molecular complexity index is 1810.